The van der Waals surface area contributed by atoms with Crippen molar-refractivity contribution in [3.63, 3.8) is 0 Å². The van der Waals surface area contributed by atoms with Gasteiger partial charge in [-0.05, 0) is 75.6 Å². The fraction of sp³-hybridized carbons (Fsp3) is 0.391. The van der Waals surface area contributed by atoms with Crippen LogP contribution in [-0.4, -0.2) is 77.3 Å². The van der Waals surface area contributed by atoms with E-state index in [0.29, 0.717) is 17.7 Å². The van der Waals surface area contributed by atoms with Gasteiger partial charge in [-0.3, -0.25) is 4.79 Å². The number of hydrogen-bond donors (Lipinski definition) is 2. The predicted molar refractivity (Wildman–Crippen MR) is 124 cm³/mol. The Morgan fingerprint density at radius 3 is 1.57 bits per heavy atom. The maximum Gasteiger partial charge on any atom is 0.335 e. The van der Waals surface area contributed by atoms with Crippen LogP contribution in [0.5, 0.6) is 0 Å². The second kappa shape index (κ2) is 12.5. The molecule has 7 nitrogen and oxygen atoms in total. The summed E-state index contributed by atoms with van der Waals surface area (Å²) < 4.78 is 0. The molecule has 0 radical (unpaired) electrons. The molecule has 0 spiro atoms. The quantitative estimate of drug-likeness (QED) is 0.647. The smallest absolute Gasteiger partial charge is 0.335 e. The lowest BCUT2D eigenvalue weighted by atomic mass is 10.2. The monoisotopic (exact) mass is 414 g/mol. The van der Waals surface area contributed by atoms with Gasteiger partial charge in [0, 0.05) is 51.7 Å². The lowest BCUT2D eigenvalue weighted by molar-refractivity contribution is 0.0696. The van der Waals surface area contributed by atoms with Gasteiger partial charge in [0.25, 0.3) is 5.91 Å². The number of anilines is 2. The molecule has 0 unspecified atom stereocenters. The molecule has 0 atom stereocenters. The molecule has 0 saturated carbocycles. The van der Waals surface area contributed by atoms with E-state index in [1.165, 1.54) is 0 Å². The van der Waals surface area contributed by atoms with Crippen LogP contribution in [-0.2, 0) is 0 Å². The van der Waals surface area contributed by atoms with Crippen molar-refractivity contribution in [2.75, 3.05) is 65.2 Å². The number of carboxylic acids is 1. The van der Waals surface area contributed by atoms with Gasteiger partial charge < -0.3 is 25.1 Å². The van der Waals surface area contributed by atoms with E-state index >= 15 is 0 Å². The van der Waals surface area contributed by atoms with Gasteiger partial charge in [0.15, 0.2) is 0 Å². The van der Waals surface area contributed by atoms with Crippen molar-refractivity contribution in [2.45, 2.75) is 6.42 Å². The van der Waals surface area contributed by atoms with Gasteiger partial charge in [0.2, 0.25) is 0 Å². The SMILES string of the molecule is CN(C)CCCNC(=O)c1ccc(N(C)C)cc1.CN(C)c1ccc(C(=O)O)cc1. The van der Waals surface area contributed by atoms with Crippen LogP contribution in [0.15, 0.2) is 48.5 Å². The van der Waals surface area contributed by atoms with Crippen molar-refractivity contribution in [2.24, 2.45) is 0 Å². The molecule has 0 heterocycles. The zero-order valence-corrected chi connectivity index (χ0v) is 18.8. The summed E-state index contributed by atoms with van der Waals surface area (Å²) in [6.45, 7) is 1.70. The number of hydrogen-bond acceptors (Lipinski definition) is 5. The summed E-state index contributed by atoms with van der Waals surface area (Å²) in [5.74, 6) is -0.889. The van der Waals surface area contributed by atoms with Crippen LogP contribution in [0.1, 0.15) is 27.1 Å². The number of amides is 1. The molecule has 1 amide bonds. The highest BCUT2D eigenvalue weighted by Crippen LogP contribution is 2.12. The summed E-state index contributed by atoms with van der Waals surface area (Å²) in [5.41, 5.74) is 3.13. The fourth-order valence-electron chi connectivity index (χ4n) is 2.51. The van der Waals surface area contributed by atoms with Crippen molar-refractivity contribution in [3.05, 3.63) is 59.7 Å². The minimum atomic E-state index is -0.889. The molecule has 164 valence electrons. The maximum absolute atomic E-state index is 11.8. The van der Waals surface area contributed by atoms with Crippen LogP contribution in [0.25, 0.3) is 0 Å². The van der Waals surface area contributed by atoms with E-state index in [4.69, 9.17) is 5.11 Å². The highest BCUT2D eigenvalue weighted by Gasteiger charge is 2.05. The molecule has 0 fully saturated rings. The molecule has 0 saturated heterocycles. The molecule has 0 bridgehead atoms. The highest BCUT2D eigenvalue weighted by atomic mass is 16.4. The minimum absolute atomic E-state index is 0.000868. The van der Waals surface area contributed by atoms with Gasteiger partial charge >= 0.3 is 5.97 Å². The fourth-order valence-corrected chi connectivity index (χ4v) is 2.51. The van der Waals surface area contributed by atoms with Gasteiger partial charge in [-0.1, -0.05) is 0 Å². The number of carbonyl (C=O) groups excluding carboxylic acids is 1. The molecule has 0 aliphatic heterocycles. The van der Waals surface area contributed by atoms with E-state index in [2.05, 4.69) is 10.2 Å². The number of carboxylic acid groups (broad SMARTS) is 1. The lowest BCUT2D eigenvalue weighted by Gasteiger charge is -2.13. The molecule has 2 rings (SSSR count). The number of benzene rings is 2. The summed E-state index contributed by atoms with van der Waals surface area (Å²) in [6.07, 6.45) is 0.967. The Bertz CT molecular complexity index is 785. The standard InChI is InChI=1S/C14H23N3O.C9H11NO2/c1-16(2)11-5-10-15-14(18)12-6-8-13(9-7-12)17(3)4;1-10(2)8-5-3-7(4-6-8)9(11)12/h6-9H,5,10-11H2,1-4H3,(H,15,18);3-6H,1-2H3,(H,11,12). The number of nitrogens with one attached hydrogen (secondary N) is 1. The summed E-state index contributed by atoms with van der Waals surface area (Å²) in [7, 11) is 11.8. The number of aromatic carboxylic acids is 1. The third-order valence-electron chi connectivity index (χ3n) is 4.34. The second-order valence-corrected chi connectivity index (χ2v) is 7.60. The van der Waals surface area contributed by atoms with Crippen molar-refractivity contribution in [1.29, 1.82) is 0 Å². The Balaban J connectivity index is 0.000000325. The van der Waals surface area contributed by atoms with Gasteiger partial charge in [0.1, 0.15) is 0 Å². The zero-order valence-electron chi connectivity index (χ0n) is 18.8. The van der Waals surface area contributed by atoms with Crippen molar-refractivity contribution < 1.29 is 14.7 Å². The Kier molecular flexibility index (Phi) is 10.4. The molecule has 0 aliphatic carbocycles. The lowest BCUT2D eigenvalue weighted by Crippen LogP contribution is -2.27. The van der Waals surface area contributed by atoms with E-state index in [-0.39, 0.29) is 5.91 Å². The Labute approximate surface area is 179 Å². The van der Waals surface area contributed by atoms with Crippen molar-refractivity contribution in [3.8, 4) is 0 Å². The minimum Gasteiger partial charge on any atom is -0.478 e. The Morgan fingerprint density at radius 2 is 1.20 bits per heavy atom. The van der Waals surface area contributed by atoms with Crippen molar-refractivity contribution >= 4 is 23.3 Å². The largest absolute Gasteiger partial charge is 0.478 e. The summed E-state index contributed by atoms with van der Waals surface area (Å²) in [6, 6.07) is 14.4. The molecule has 0 aliphatic rings. The summed E-state index contributed by atoms with van der Waals surface area (Å²) in [4.78, 5) is 28.3. The summed E-state index contributed by atoms with van der Waals surface area (Å²) in [5, 5.41) is 11.5. The molecule has 2 aromatic rings. The van der Waals surface area contributed by atoms with E-state index in [0.717, 1.165) is 24.3 Å². The van der Waals surface area contributed by atoms with E-state index < -0.39 is 5.97 Å². The van der Waals surface area contributed by atoms with Gasteiger partial charge in [-0.25, -0.2) is 4.79 Å². The van der Waals surface area contributed by atoms with Crippen LogP contribution in [0, 0.1) is 0 Å². The molecular weight excluding hydrogens is 380 g/mol. The first-order valence-corrected chi connectivity index (χ1v) is 9.82. The summed E-state index contributed by atoms with van der Waals surface area (Å²) >= 11 is 0. The first kappa shape index (κ1) is 25.0. The molecule has 0 aromatic heterocycles. The van der Waals surface area contributed by atoms with Crippen LogP contribution < -0.4 is 15.1 Å². The van der Waals surface area contributed by atoms with E-state index in [9.17, 15) is 9.59 Å². The first-order valence-electron chi connectivity index (χ1n) is 9.82. The molecular formula is C23H34N4O3. The number of carbonyl (C=O) groups is 2. The Hall–Kier alpha value is -3.06. The number of nitrogens with zero attached hydrogens (tertiary/aromatic N) is 3. The van der Waals surface area contributed by atoms with Crippen LogP contribution in [0.2, 0.25) is 0 Å². The maximum atomic E-state index is 11.8. The third-order valence-corrected chi connectivity index (χ3v) is 4.34. The molecule has 2 aromatic carbocycles. The van der Waals surface area contributed by atoms with E-state index in [1.807, 2.05) is 76.4 Å². The average Bonchev–Trinajstić information content (AvgIpc) is 2.71. The van der Waals surface area contributed by atoms with Gasteiger partial charge in [-0.15, -0.1) is 0 Å². The third kappa shape index (κ3) is 8.96. The van der Waals surface area contributed by atoms with Gasteiger partial charge in [-0.2, -0.15) is 0 Å². The zero-order chi connectivity index (χ0) is 22.7. The van der Waals surface area contributed by atoms with Crippen LogP contribution in [0.4, 0.5) is 11.4 Å². The average molecular weight is 415 g/mol. The first-order chi connectivity index (χ1) is 14.1. The topological polar surface area (TPSA) is 76.1 Å². The van der Waals surface area contributed by atoms with Gasteiger partial charge in [0.05, 0.1) is 5.56 Å². The predicted octanol–water partition coefficient (Wildman–Crippen LogP) is 2.88. The number of rotatable bonds is 8. The Morgan fingerprint density at radius 1 is 0.767 bits per heavy atom. The van der Waals surface area contributed by atoms with E-state index in [1.54, 1.807) is 24.3 Å². The van der Waals surface area contributed by atoms with Crippen molar-refractivity contribution in [1.82, 2.24) is 10.2 Å². The normalized spacial score (nSPS) is 10.1. The molecule has 2 N–H and O–H groups in total. The van der Waals surface area contributed by atoms with Crippen LogP contribution >= 0.6 is 0 Å². The molecule has 7 heteroatoms. The highest BCUT2D eigenvalue weighted by molar-refractivity contribution is 5.94. The molecule has 30 heavy (non-hydrogen) atoms. The van der Waals surface area contributed by atoms with Crippen LogP contribution in [0.3, 0.4) is 0 Å². The second-order valence-electron chi connectivity index (χ2n) is 7.60.